The zero-order valence-electron chi connectivity index (χ0n) is 12.6. The highest BCUT2D eigenvalue weighted by molar-refractivity contribution is 7.18. The van der Waals surface area contributed by atoms with Crippen molar-refractivity contribution in [2.24, 2.45) is 0 Å². The first-order valence-electron chi connectivity index (χ1n) is 7.70. The largest absolute Gasteiger partial charge is 0.397 e. The summed E-state index contributed by atoms with van der Waals surface area (Å²) in [6.07, 6.45) is 5.46. The van der Waals surface area contributed by atoms with Gasteiger partial charge in [-0.2, -0.15) is 0 Å². The summed E-state index contributed by atoms with van der Waals surface area (Å²) in [5, 5.41) is 3.02. The van der Waals surface area contributed by atoms with E-state index in [9.17, 15) is 13.6 Å². The Hall–Kier alpha value is -1.95. The van der Waals surface area contributed by atoms with Gasteiger partial charge in [-0.1, -0.05) is 25.3 Å². The first-order valence-corrected chi connectivity index (χ1v) is 8.52. The molecule has 1 aliphatic carbocycles. The number of halogens is 2. The molecule has 3 nitrogen and oxygen atoms in total. The van der Waals surface area contributed by atoms with E-state index < -0.39 is 11.6 Å². The van der Waals surface area contributed by atoms with Crippen LogP contribution in [0.2, 0.25) is 0 Å². The minimum atomic E-state index is -0.914. The highest BCUT2D eigenvalue weighted by Crippen LogP contribution is 2.34. The zero-order valence-corrected chi connectivity index (χ0v) is 13.4. The summed E-state index contributed by atoms with van der Waals surface area (Å²) in [5.74, 6) is -2.00. The van der Waals surface area contributed by atoms with E-state index in [1.54, 1.807) is 6.07 Å². The van der Waals surface area contributed by atoms with Gasteiger partial charge in [0.15, 0.2) is 11.6 Å². The average molecular weight is 336 g/mol. The Bertz CT molecular complexity index is 723. The molecular weight excluding hydrogens is 318 g/mol. The Kier molecular flexibility index (Phi) is 4.61. The van der Waals surface area contributed by atoms with Crippen LogP contribution in [-0.4, -0.2) is 11.9 Å². The van der Waals surface area contributed by atoms with E-state index in [1.807, 2.05) is 0 Å². The average Bonchev–Trinajstić information content (AvgIpc) is 2.93. The molecule has 0 bridgehead atoms. The second-order valence-corrected chi connectivity index (χ2v) is 6.88. The summed E-state index contributed by atoms with van der Waals surface area (Å²) in [7, 11) is 0. The van der Waals surface area contributed by atoms with Gasteiger partial charge in [0.05, 0.1) is 5.69 Å². The van der Waals surface area contributed by atoms with Crippen molar-refractivity contribution >= 4 is 22.9 Å². The molecule has 0 radical (unpaired) electrons. The molecule has 3 rings (SSSR count). The van der Waals surface area contributed by atoms with Crippen molar-refractivity contribution in [2.45, 2.75) is 38.1 Å². The van der Waals surface area contributed by atoms with Crippen molar-refractivity contribution in [2.75, 3.05) is 5.73 Å². The van der Waals surface area contributed by atoms with Gasteiger partial charge < -0.3 is 11.1 Å². The van der Waals surface area contributed by atoms with Crippen LogP contribution in [0, 0.1) is 11.6 Å². The van der Waals surface area contributed by atoms with E-state index >= 15 is 0 Å². The molecule has 1 aromatic heterocycles. The lowest BCUT2D eigenvalue weighted by molar-refractivity contribution is 0.0932. The first-order chi connectivity index (χ1) is 11.0. The number of hydrogen-bond donors (Lipinski definition) is 2. The van der Waals surface area contributed by atoms with E-state index in [-0.39, 0.29) is 11.9 Å². The summed E-state index contributed by atoms with van der Waals surface area (Å²) >= 11 is 1.20. The van der Waals surface area contributed by atoms with Crippen LogP contribution in [0.5, 0.6) is 0 Å². The predicted molar refractivity (Wildman–Crippen MR) is 88.4 cm³/mol. The molecule has 0 atom stereocenters. The zero-order chi connectivity index (χ0) is 16.4. The number of carbonyl (C=O) groups excluding carboxylic acids is 1. The smallest absolute Gasteiger partial charge is 0.263 e. The summed E-state index contributed by atoms with van der Waals surface area (Å²) in [6, 6.07) is 5.50. The van der Waals surface area contributed by atoms with Crippen LogP contribution in [0.3, 0.4) is 0 Å². The monoisotopic (exact) mass is 336 g/mol. The number of nitrogens with one attached hydrogen (secondary N) is 1. The molecule has 1 saturated carbocycles. The molecule has 2 aromatic rings. The molecule has 0 saturated heterocycles. The Morgan fingerprint density at radius 2 is 1.87 bits per heavy atom. The second-order valence-electron chi connectivity index (χ2n) is 5.83. The number of nitrogen functional groups attached to an aromatic ring is 1. The van der Waals surface area contributed by atoms with E-state index in [1.165, 1.54) is 23.8 Å². The van der Waals surface area contributed by atoms with Crippen LogP contribution in [0.15, 0.2) is 24.3 Å². The minimum absolute atomic E-state index is 0.187. The molecule has 122 valence electrons. The van der Waals surface area contributed by atoms with Gasteiger partial charge in [-0.15, -0.1) is 11.3 Å². The quantitative estimate of drug-likeness (QED) is 0.876. The van der Waals surface area contributed by atoms with E-state index in [0.717, 1.165) is 37.8 Å². The number of nitrogens with two attached hydrogens (primary N) is 1. The third-order valence-electron chi connectivity index (χ3n) is 4.11. The Balaban J connectivity index is 1.79. The van der Waals surface area contributed by atoms with E-state index in [4.69, 9.17) is 5.73 Å². The summed E-state index contributed by atoms with van der Waals surface area (Å²) in [6.45, 7) is 0. The van der Waals surface area contributed by atoms with Crippen molar-refractivity contribution in [1.82, 2.24) is 5.32 Å². The molecule has 0 spiro atoms. The number of hydrogen-bond acceptors (Lipinski definition) is 3. The minimum Gasteiger partial charge on any atom is -0.397 e. The van der Waals surface area contributed by atoms with Gasteiger partial charge in [0.25, 0.3) is 5.91 Å². The molecule has 0 unspecified atom stereocenters. The molecule has 3 N–H and O–H groups in total. The molecule has 1 aromatic carbocycles. The van der Waals surface area contributed by atoms with Crippen LogP contribution in [0.25, 0.3) is 10.4 Å². The molecular formula is C17H18F2N2OS. The number of thiophene rings is 1. The van der Waals surface area contributed by atoms with Gasteiger partial charge >= 0.3 is 0 Å². The SMILES string of the molecule is Nc1cc(-c2ccc(F)c(F)c2)sc1C(=O)NC1CCCCC1. The standard InChI is InChI=1S/C17H18F2N2OS/c18-12-7-6-10(8-13(12)19)15-9-14(20)16(23-15)17(22)21-11-4-2-1-3-5-11/h6-9,11H,1-5,20H2,(H,21,22). The summed E-state index contributed by atoms with van der Waals surface area (Å²) in [4.78, 5) is 13.5. The fourth-order valence-corrected chi connectivity index (χ4v) is 3.85. The molecule has 1 fully saturated rings. The highest BCUT2D eigenvalue weighted by Gasteiger charge is 2.20. The van der Waals surface area contributed by atoms with Crippen LogP contribution >= 0.6 is 11.3 Å². The van der Waals surface area contributed by atoms with Gasteiger partial charge in [-0.05, 0) is 36.6 Å². The molecule has 1 heterocycles. The number of rotatable bonds is 3. The van der Waals surface area contributed by atoms with Crippen molar-refractivity contribution in [3.05, 3.63) is 40.8 Å². The van der Waals surface area contributed by atoms with Crippen LogP contribution < -0.4 is 11.1 Å². The predicted octanol–water partition coefficient (Wildman–Crippen LogP) is 4.34. The molecule has 23 heavy (non-hydrogen) atoms. The normalized spacial score (nSPS) is 15.6. The van der Waals surface area contributed by atoms with E-state index in [0.29, 0.717) is 21.0 Å². The van der Waals surface area contributed by atoms with Crippen LogP contribution in [0.4, 0.5) is 14.5 Å². The molecule has 1 amide bonds. The Labute approximate surface area is 137 Å². The van der Waals surface area contributed by atoms with Gasteiger partial charge in [-0.25, -0.2) is 8.78 Å². The molecule has 1 aliphatic rings. The molecule has 6 heteroatoms. The summed E-state index contributed by atoms with van der Waals surface area (Å²) in [5.41, 5.74) is 6.81. The van der Waals surface area contributed by atoms with Crippen LogP contribution in [0.1, 0.15) is 41.8 Å². The maximum absolute atomic E-state index is 13.4. The van der Waals surface area contributed by atoms with Gasteiger partial charge in [-0.3, -0.25) is 4.79 Å². The lowest BCUT2D eigenvalue weighted by Crippen LogP contribution is -2.36. The maximum Gasteiger partial charge on any atom is 0.263 e. The number of benzene rings is 1. The lowest BCUT2D eigenvalue weighted by atomic mass is 9.95. The highest BCUT2D eigenvalue weighted by atomic mass is 32.1. The third-order valence-corrected chi connectivity index (χ3v) is 5.31. The number of carbonyl (C=O) groups is 1. The molecule has 0 aliphatic heterocycles. The van der Waals surface area contributed by atoms with Gasteiger partial charge in [0.2, 0.25) is 0 Å². The Morgan fingerprint density at radius 3 is 2.57 bits per heavy atom. The maximum atomic E-state index is 13.4. The number of amides is 1. The van der Waals surface area contributed by atoms with Crippen molar-refractivity contribution in [3.63, 3.8) is 0 Å². The van der Waals surface area contributed by atoms with Crippen molar-refractivity contribution in [3.8, 4) is 10.4 Å². The third kappa shape index (κ3) is 3.52. The Morgan fingerprint density at radius 1 is 1.13 bits per heavy atom. The van der Waals surface area contributed by atoms with Gasteiger partial charge in [0.1, 0.15) is 4.88 Å². The fraction of sp³-hybridized carbons (Fsp3) is 0.353. The summed E-state index contributed by atoms with van der Waals surface area (Å²) < 4.78 is 26.4. The van der Waals surface area contributed by atoms with Crippen LogP contribution in [-0.2, 0) is 0 Å². The van der Waals surface area contributed by atoms with Crippen molar-refractivity contribution in [1.29, 1.82) is 0 Å². The lowest BCUT2D eigenvalue weighted by Gasteiger charge is -2.22. The fourth-order valence-electron chi connectivity index (χ4n) is 2.87. The second kappa shape index (κ2) is 6.66. The van der Waals surface area contributed by atoms with E-state index in [2.05, 4.69) is 5.32 Å². The van der Waals surface area contributed by atoms with Gasteiger partial charge in [0, 0.05) is 10.9 Å². The van der Waals surface area contributed by atoms with Crippen molar-refractivity contribution < 1.29 is 13.6 Å². The number of anilines is 1. The topological polar surface area (TPSA) is 55.1 Å². The first kappa shape index (κ1) is 15.9.